The standard InChI is InChI=1S/C18H12BrNO3/c19-11-8-9-17(21)14(10-11)12-4-1-2-5-13(12)15-6-3-7-16(20-15)18(22)23/h1-10,21H,(H,22,23). The van der Waals surface area contributed by atoms with Crippen LogP contribution in [0, 0.1) is 0 Å². The topological polar surface area (TPSA) is 70.4 Å². The third-order valence-electron chi connectivity index (χ3n) is 3.42. The van der Waals surface area contributed by atoms with E-state index >= 15 is 0 Å². The minimum Gasteiger partial charge on any atom is -0.507 e. The van der Waals surface area contributed by atoms with Crippen LogP contribution in [0.3, 0.4) is 0 Å². The molecule has 0 radical (unpaired) electrons. The number of phenolic OH excluding ortho intramolecular Hbond substituents is 1. The fraction of sp³-hybridized carbons (Fsp3) is 0. The summed E-state index contributed by atoms with van der Waals surface area (Å²) in [5.74, 6) is -0.926. The molecule has 0 bridgehead atoms. The van der Waals surface area contributed by atoms with Crippen LogP contribution in [0.1, 0.15) is 10.5 Å². The van der Waals surface area contributed by atoms with E-state index in [1.165, 1.54) is 6.07 Å². The zero-order valence-corrected chi connectivity index (χ0v) is 13.5. The number of benzene rings is 2. The van der Waals surface area contributed by atoms with E-state index < -0.39 is 5.97 Å². The molecule has 114 valence electrons. The van der Waals surface area contributed by atoms with Crippen molar-refractivity contribution < 1.29 is 15.0 Å². The maximum atomic E-state index is 11.1. The van der Waals surface area contributed by atoms with Crippen molar-refractivity contribution >= 4 is 21.9 Å². The van der Waals surface area contributed by atoms with E-state index in [2.05, 4.69) is 20.9 Å². The van der Waals surface area contributed by atoms with Crippen LogP contribution < -0.4 is 0 Å². The van der Waals surface area contributed by atoms with Gasteiger partial charge in [0.05, 0.1) is 5.69 Å². The van der Waals surface area contributed by atoms with E-state index in [-0.39, 0.29) is 11.4 Å². The molecule has 5 heteroatoms. The summed E-state index contributed by atoms with van der Waals surface area (Å²) in [4.78, 5) is 15.3. The lowest BCUT2D eigenvalue weighted by Gasteiger charge is -2.11. The maximum absolute atomic E-state index is 11.1. The average molecular weight is 370 g/mol. The predicted molar refractivity (Wildman–Crippen MR) is 91.4 cm³/mol. The van der Waals surface area contributed by atoms with Crippen LogP contribution >= 0.6 is 15.9 Å². The van der Waals surface area contributed by atoms with Gasteiger partial charge in [-0.05, 0) is 35.9 Å². The summed E-state index contributed by atoms with van der Waals surface area (Å²) in [7, 11) is 0. The Morgan fingerprint density at radius 1 is 0.913 bits per heavy atom. The van der Waals surface area contributed by atoms with Crippen LogP contribution in [0.5, 0.6) is 5.75 Å². The molecule has 0 aliphatic rings. The van der Waals surface area contributed by atoms with Gasteiger partial charge in [0.1, 0.15) is 11.4 Å². The van der Waals surface area contributed by atoms with Crippen LogP contribution in [0.15, 0.2) is 65.1 Å². The average Bonchev–Trinajstić information content (AvgIpc) is 2.57. The minimum absolute atomic E-state index is 0.0178. The first-order chi connectivity index (χ1) is 11.1. The zero-order chi connectivity index (χ0) is 16.4. The second kappa shape index (κ2) is 6.22. The number of aromatic hydroxyl groups is 1. The third kappa shape index (κ3) is 3.10. The van der Waals surface area contributed by atoms with Crippen LogP contribution in [0.4, 0.5) is 0 Å². The molecule has 2 aromatic carbocycles. The van der Waals surface area contributed by atoms with E-state index in [9.17, 15) is 9.90 Å². The molecular formula is C18H12BrNO3. The molecular weight excluding hydrogens is 358 g/mol. The van der Waals surface area contributed by atoms with Crippen LogP contribution in [-0.4, -0.2) is 21.2 Å². The van der Waals surface area contributed by atoms with Crippen molar-refractivity contribution in [2.75, 3.05) is 0 Å². The maximum Gasteiger partial charge on any atom is 0.354 e. The molecule has 3 rings (SSSR count). The number of halogens is 1. The van der Waals surface area contributed by atoms with Crippen molar-refractivity contribution in [2.45, 2.75) is 0 Å². The number of carbonyl (C=O) groups is 1. The summed E-state index contributed by atoms with van der Waals surface area (Å²) in [6.07, 6.45) is 0. The van der Waals surface area contributed by atoms with E-state index in [1.54, 1.807) is 24.3 Å². The molecule has 0 saturated heterocycles. The van der Waals surface area contributed by atoms with Gasteiger partial charge < -0.3 is 10.2 Å². The van der Waals surface area contributed by atoms with Crippen molar-refractivity contribution in [1.82, 2.24) is 4.98 Å². The first kappa shape index (κ1) is 15.2. The molecule has 0 atom stereocenters. The summed E-state index contributed by atoms with van der Waals surface area (Å²) >= 11 is 3.40. The number of aromatic nitrogens is 1. The van der Waals surface area contributed by atoms with Crippen LogP contribution in [-0.2, 0) is 0 Å². The van der Waals surface area contributed by atoms with Gasteiger partial charge in [0.2, 0.25) is 0 Å². The fourth-order valence-electron chi connectivity index (χ4n) is 2.37. The Kier molecular flexibility index (Phi) is 4.12. The number of pyridine rings is 1. The summed E-state index contributed by atoms with van der Waals surface area (Å²) < 4.78 is 0.840. The molecule has 0 aliphatic carbocycles. The van der Waals surface area contributed by atoms with Gasteiger partial charge in [-0.3, -0.25) is 0 Å². The molecule has 23 heavy (non-hydrogen) atoms. The van der Waals surface area contributed by atoms with Gasteiger partial charge in [0, 0.05) is 15.6 Å². The van der Waals surface area contributed by atoms with E-state index in [0.29, 0.717) is 11.3 Å². The van der Waals surface area contributed by atoms with E-state index in [1.807, 2.05) is 30.3 Å². The first-order valence-electron chi connectivity index (χ1n) is 6.85. The van der Waals surface area contributed by atoms with Crippen molar-refractivity contribution in [3.63, 3.8) is 0 Å². The van der Waals surface area contributed by atoms with Gasteiger partial charge in [-0.1, -0.05) is 46.3 Å². The number of aromatic carboxylic acids is 1. The Hall–Kier alpha value is -2.66. The van der Waals surface area contributed by atoms with Gasteiger partial charge in [0.25, 0.3) is 0 Å². The van der Waals surface area contributed by atoms with Crippen molar-refractivity contribution in [3.8, 4) is 28.1 Å². The molecule has 0 unspecified atom stereocenters. The number of carboxylic acids is 1. The lowest BCUT2D eigenvalue weighted by atomic mass is 9.96. The Balaban J connectivity index is 2.21. The van der Waals surface area contributed by atoms with Gasteiger partial charge in [0.15, 0.2) is 0 Å². The highest BCUT2D eigenvalue weighted by atomic mass is 79.9. The Bertz CT molecular complexity index is 893. The minimum atomic E-state index is -1.07. The Labute approximate surface area is 141 Å². The van der Waals surface area contributed by atoms with Crippen molar-refractivity contribution in [2.24, 2.45) is 0 Å². The molecule has 0 amide bonds. The van der Waals surface area contributed by atoms with Crippen molar-refractivity contribution in [1.29, 1.82) is 0 Å². The van der Waals surface area contributed by atoms with Gasteiger partial charge >= 0.3 is 5.97 Å². The summed E-state index contributed by atoms with van der Waals surface area (Å²) in [5, 5.41) is 19.3. The predicted octanol–water partition coefficient (Wildman–Crippen LogP) is 4.58. The number of phenols is 1. The van der Waals surface area contributed by atoms with Crippen LogP contribution in [0.25, 0.3) is 22.4 Å². The van der Waals surface area contributed by atoms with E-state index in [0.717, 1.165) is 15.6 Å². The monoisotopic (exact) mass is 369 g/mol. The molecule has 4 nitrogen and oxygen atoms in total. The molecule has 2 N–H and O–H groups in total. The number of hydrogen-bond acceptors (Lipinski definition) is 3. The normalized spacial score (nSPS) is 10.5. The number of hydrogen-bond donors (Lipinski definition) is 2. The largest absolute Gasteiger partial charge is 0.507 e. The van der Waals surface area contributed by atoms with E-state index in [4.69, 9.17) is 5.11 Å². The zero-order valence-electron chi connectivity index (χ0n) is 11.9. The number of carboxylic acid groups (broad SMARTS) is 1. The van der Waals surface area contributed by atoms with Gasteiger partial charge in [-0.25, -0.2) is 9.78 Å². The van der Waals surface area contributed by atoms with Gasteiger partial charge in [-0.15, -0.1) is 0 Å². The molecule has 3 aromatic rings. The summed E-state index contributed by atoms with van der Waals surface area (Å²) in [5.41, 5.74) is 2.71. The highest BCUT2D eigenvalue weighted by Crippen LogP contribution is 2.37. The Morgan fingerprint density at radius 2 is 1.65 bits per heavy atom. The second-order valence-electron chi connectivity index (χ2n) is 4.92. The highest BCUT2D eigenvalue weighted by Gasteiger charge is 2.13. The lowest BCUT2D eigenvalue weighted by Crippen LogP contribution is -2.01. The molecule has 1 heterocycles. The second-order valence-corrected chi connectivity index (χ2v) is 5.84. The number of nitrogens with zero attached hydrogens (tertiary/aromatic N) is 1. The summed E-state index contributed by atoms with van der Waals surface area (Å²) in [6.45, 7) is 0. The lowest BCUT2D eigenvalue weighted by molar-refractivity contribution is 0.0690. The fourth-order valence-corrected chi connectivity index (χ4v) is 2.73. The Morgan fingerprint density at radius 3 is 2.39 bits per heavy atom. The van der Waals surface area contributed by atoms with Gasteiger partial charge in [-0.2, -0.15) is 0 Å². The molecule has 0 spiro atoms. The number of rotatable bonds is 3. The quantitative estimate of drug-likeness (QED) is 0.708. The first-order valence-corrected chi connectivity index (χ1v) is 7.64. The molecule has 0 fully saturated rings. The third-order valence-corrected chi connectivity index (χ3v) is 3.91. The molecule has 0 aliphatic heterocycles. The van der Waals surface area contributed by atoms with Crippen LogP contribution in [0.2, 0.25) is 0 Å². The SMILES string of the molecule is O=C(O)c1cccc(-c2ccccc2-c2cc(Br)ccc2O)n1. The summed E-state index contributed by atoms with van der Waals surface area (Å²) in [6, 6.07) is 17.5. The molecule has 0 saturated carbocycles. The smallest absolute Gasteiger partial charge is 0.354 e. The highest BCUT2D eigenvalue weighted by molar-refractivity contribution is 9.10. The van der Waals surface area contributed by atoms with Crippen molar-refractivity contribution in [3.05, 3.63) is 70.8 Å². The molecule has 1 aromatic heterocycles.